The largest absolute Gasteiger partial charge is 0.368 e. The summed E-state index contributed by atoms with van der Waals surface area (Å²) in [6, 6.07) is 18.0. The summed E-state index contributed by atoms with van der Waals surface area (Å²) in [6.45, 7) is 1.86. The van der Waals surface area contributed by atoms with Crippen LogP contribution in [0, 0.1) is 6.92 Å². The van der Waals surface area contributed by atoms with E-state index in [0.717, 1.165) is 21.0 Å². The van der Waals surface area contributed by atoms with E-state index >= 15 is 0 Å². The maximum absolute atomic E-state index is 12.1. The third-order valence-electron chi connectivity index (χ3n) is 3.82. The van der Waals surface area contributed by atoms with Crippen LogP contribution >= 0.6 is 11.3 Å². The van der Waals surface area contributed by atoms with E-state index in [4.69, 9.17) is 5.73 Å². The van der Waals surface area contributed by atoms with E-state index in [1.54, 1.807) is 11.3 Å². The van der Waals surface area contributed by atoms with Gasteiger partial charge in [0.1, 0.15) is 5.01 Å². The van der Waals surface area contributed by atoms with Crippen LogP contribution in [-0.4, -0.2) is 23.3 Å². The van der Waals surface area contributed by atoms with Crippen LogP contribution in [0.2, 0.25) is 0 Å². The van der Waals surface area contributed by atoms with Crippen LogP contribution in [0.15, 0.2) is 54.6 Å². The molecule has 0 saturated heterocycles. The number of carbonyl (C=O) groups is 2. The second-order valence-corrected chi connectivity index (χ2v) is 6.95. The fourth-order valence-electron chi connectivity index (χ4n) is 2.51. The molecule has 0 spiro atoms. The lowest BCUT2D eigenvalue weighted by molar-refractivity contribution is -0.124. The molecule has 0 aliphatic heterocycles. The van der Waals surface area contributed by atoms with Gasteiger partial charge in [-0.15, -0.1) is 11.3 Å². The van der Waals surface area contributed by atoms with Crippen molar-refractivity contribution in [2.45, 2.75) is 13.3 Å². The number of aryl methyl sites for hydroxylation is 1. The number of thiazole rings is 1. The van der Waals surface area contributed by atoms with E-state index in [-0.39, 0.29) is 18.9 Å². The molecule has 3 aromatic rings. The van der Waals surface area contributed by atoms with Crippen molar-refractivity contribution in [3.05, 3.63) is 65.9 Å². The van der Waals surface area contributed by atoms with E-state index in [9.17, 15) is 9.59 Å². The molecule has 3 N–H and O–H groups in total. The van der Waals surface area contributed by atoms with E-state index < -0.39 is 5.91 Å². The predicted molar refractivity (Wildman–Crippen MR) is 104 cm³/mol. The number of benzene rings is 2. The maximum atomic E-state index is 12.1. The molecule has 3 rings (SSSR count). The number of nitrogens with two attached hydrogens (primary N) is 1. The maximum Gasteiger partial charge on any atom is 0.236 e. The zero-order valence-electron chi connectivity index (χ0n) is 14.4. The Kier molecular flexibility index (Phi) is 5.43. The van der Waals surface area contributed by atoms with Crippen molar-refractivity contribution < 1.29 is 9.59 Å². The summed E-state index contributed by atoms with van der Waals surface area (Å²) in [6.07, 6.45) is 0.0970. The molecule has 0 radical (unpaired) electrons. The summed E-state index contributed by atoms with van der Waals surface area (Å²) in [4.78, 5) is 28.7. The summed E-state index contributed by atoms with van der Waals surface area (Å²) >= 11 is 1.56. The number of nitrogens with zero attached hydrogens (tertiary/aromatic N) is 1. The standard InChI is InChI=1S/C20H19N3O2S/c1-13-7-9-14(10-8-13)19-16(11-18(25)22-12-17(21)24)23-20(26-19)15-5-3-2-4-6-15/h2-10H,11-12H2,1H3,(H2,21,24)(H,22,25). The third kappa shape index (κ3) is 4.34. The molecule has 0 aliphatic rings. The highest BCUT2D eigenvalue weighted by atomic mass is 32.1. The highest BCUT2D eigenvalue weighted by Crippen LogP contribution is 2.35. The SMILES string of the molecule is Cc1ccc(-c2sc(-c3ccccc3)nc2CC(=O)NCC(N)=O)cc1. The van der Waals surface area contributed by atoms with Gasteiger partial charge in [-0.25, -0.2) is 4.98 Å². The number of amides is 2. The average molecular weight is 365 g/mol. The summed E-state index contributed by atoms with van der Waals surface area (Å²) in [7, 11) is 0. The van der Waals surface area contributed by atoms with Crippen LogP contribution in [0.1, 0.15) is 11.3 Å². The number of aromatic nitrogens is 1. The molecule has 5 nitrogen and oxygen atoms in total. The Bertz CT molecular complexity index is 918. The highest BCUT2D eigenvalue weighted by Gasteiger charge is 2.17. The number of primary amides is 1. The normalized spacial score (nSPS) is 10.5. The van der Waals surface area contributed by atoms with Crippen LogP contribution < -0.4 is 11.1 Å². The summed E-state index contributed by atoms with van der Waals surface area (Å²) < 4.78 is 0. The molecule has 1 heterocycles. The first-order valence-corrected chi connectivity index (χ1v) is 9.02. The monoisotopic (exact) mass is 365 g/mol. The van der Waals surface area contributed by atoms with Gasteiger partial charge in [-0.3, -0.25) is 9.59 Å². The molecule has 26 heavy (non-hydrogen) atoms. The molecule has 0 atom stereocenters. The van der Waals surface area contributed by atoms with Gasteiger partial charge in [-0.1, -0.05) is 60.2 Å². The zero-order chi connectivity index (χ0) is 18.5. The Morgan fingerprint density at radius 1 is 1.04 bits per heavy atom. The number of hydrogen-bond donors (Lipinski definition) is 2. The highest BCUT2D eigenvalue weighted by molar-refractivity contribution is 7.18. The van der Waals surface area contributed by atoms with Crippen LogP contribution in [0.5, 0.6) is 0 Å². The molecule has 0 bridgehead atoms. The fraction of sp³-hybridized carbons (Fsp3) is 0.150. The lowest BCUT2D eigenvalue weighted by Crippen LogP contribution is -2.34. The van der Waals surface area contributed by atoms with Gasteiger partial charge in [0.05, 0.1) is 23.5 Å². The van der Waals surface area contributed by atoms with Gasteiger partial charge in [0.15, 0.2) is 0 Å². The molecule has 6 heteroatoms. The minimum absolute atomic E-state index is 0.0970. The topological polar surface area (TPSA) is 85.1 Å². The van der Waals surface area contributed by atoms with Gasteiger partial charge in [0, 0.05) is 5.56 Å². The Hall–Kier alpha value is -2.99. The van der Waals surface area contributed by atoms with E-state index in [2.05, 4.69) is 10.3 Å². The van der Waals surface area contributed by atoms with Gasteiger partial charge in [-0.05, 0) is 12.5 Å². The fourth-order valence-corrected chi connectivity index (χ4v) is 3.60. The molecular weight excluding hydrogens is 346 g/mol. The van der Waals surface area contributed by atoms with Gasteiger partial charge in [0.25, 0.3) is 0 Å². The average Bonchev–Trinajstić information content (AvgIpc) is 3.05. The van der Waals surface area contributed by atoms with E-state index in [0.29, 0.717) is 5.69 Å². The predicted octanol–water partition coefficient (Wildman–Crippen LogP) is 2.93. The van der Waals surface area contributed by atoms with Crippen molar-refractivity contribution in [3.63, 3.8) is 0 Å². The van der Waals surface area contributed by atoms with Crippen LogP contribution in [-0.2, 0) is 16.0 Å². The van der Waals surface area contributed by atoms with E-state index in [1.165, 1.54) is 5.56 Å². The number of rotatable bonds is 6. The number of hydrogen-bond acceptors (Lipinski definition) is 4. The van der Waals surface area contributed by atoms with Crippen LogP contribution in [0.4, 0.5) is 0 Å². The van der Waals surface area contributed by atoms with Crippen molar-refractivity contribution in [2.75, 3.05) is 6.54 Å². The summed E-state index contributed by atoms with van der Waals surface area (Å²) in [5, 5.41) is 3.38. The van der Waals surface area contributed by atoms with Crippen molar-refractivity contribution in [3.8, 4) is 21.0 Å². The zero-order valence-corrected chi connectivity index (χ0v) is 15.2. The van der Waals surface area contributed by atoms with Crippen molar-refractivity contribution in [2.24, 2.45) is 5.73 Å². The van der Waals surface area contributed by atoms with Gasteiger partial charge < -0.3 is 11.1 Å². The Balaban J connectivity index is 1.95. The van der Waals surface area contributed by atoms with Crippen LogP contribution in [0.3, 0.4) is 0 Å². The lowest BCUT2D eigenvalue weighted by atomic mass is 10.1. The second-order valence-electron chi connectivity index (χ2n) is 5.95. The molecule has 0 aliphatic carbocycles. The molecule has 0 fully saturated rings. The van der Waals surface area contributed by atoms with Gasteiger partial charge in [0.2, 0.25) is 11.8 Å². The Labute approximate surface area is 155 Å². The second kappa shape index (κ2) is 7.93. The smallest absolute Gasteiger partial charge is 0.236 e. The van der Waals surface area contributed by atoms with Crippen LogP contribution in [0.25, 0.3) is 21.0 Å². The van der Waals surface area contributed by atoms with Gasteiger partial charge >= 0.3 is 0 Å². The molecule has 1 aromatic heterocycles. The number of carbonyl (C=O) groups excluding carboxylic acids is 2. The minimum atomic E-state index is -0.569. The van der Waals surface area contributed by atoms with E-state index in [1.807, 2.05) is 61.5 Å². The molecule has 0 unspecified atom stereocenters. The molecule has 132 valence electrons. The number of nitrogens with one attached hydrogen (secondary N) is 1. The molecule has 2 aromatic carbocycles. The Morgan fingerprint density at radius 2 is 1.73 bits per heavy atom. The first kappa shape index (κ1) is 17.8. The summed E-state index contributed by atoms with van der Waals surface area (Å²) in [5.41, 5.74) is 8.98. The van der Waals surface area contributed by atoms with Crippen molar-refractivity contribution in [1.82, 2.24) is 10.3 Å². The quantitative estimate of drug-likeness (QED) is 0.704. The molecule has 2 amide bonds. The minimum Gasteiger partial charge on any atom is -0.368 e. The third-order valence-corrected chi connectivity index (χ3v) is 5.02. The van der Waals surface area contributed by atoms with Gasteiger partial charge in [-0.2, -0.15) is 0 Å². The summed E-state index contributed by atoms with van der Waals surface area (Å²) in [5.74, 6) is -0.845. The van der Waals surface area contributed by atoms with Crippen molar-refractivity contribution >= 4 is 23.2 Å². The molecule has 0 saturated carbocycles. The Morgan fingerprint density at radius 3 is 2.38 bits per heavy atom. The first-order chi connectivity index (χ1) is 12.5. The van der Waals surface area contributed by atoms with Crippen molar-refractivity contribution in [1.29, 1.82) is 0 Å². The molecular formula is C20H19N3O2S. The first-order valence-electron chi connectivity index (χ1n) is 8.20. The lowest BCUT2D eigenvalue weighted by Gasteiger charge is -2.04.